The van der Waals surface area contributed by atoms with Gasteiger partial charge in [0.05, 0.1) is 0 Å². The Morgan fingerprint density at radius 3 is 2.17 bits per heavy atom. The van der Waals surface area contributed by atoms with Gasteiger partial charge in [0.15, 0.2) is 0 Å². The van der Waals surface area contributed by atoms with E-state index >= 15 is 0 Å². The standard InChI is InChI=1S/C9H13ClOSi/c1-12(2,7-11)9-5-3-8(10)4-6-9/h3-6,11H,7H2,1-2H3. The summed E-state index contributed by atoms with van der Waals surface area (Å²) in [5.41, 5.74) is 0. The van der Waals surface area contributed by atoms with Crippen molar-refractivity contribution >= 4 is 24.9 Å². The summed E-state index contributed by atoms with van der Waals surface area (Å²) in [5, 5.41) is 11.1. The first-order chi connectivity index (χ1) is 5.56. The van der Waals surface area contributed by atoms with Crippen molar-refractivity contribution in [1.82, 2.24) is 0 Å². The van der Waals surface area contributed by atoms with Gasteiger partial charge in [-0.25, -0.2) is 0 Å². The predicted octanol–water partition coefficient (Wildman–Crippen LogP) is 1.79. The van der Waals surface area contributed by atoms with Crippen LogP contribution < -0.4 is 5.19 Å². The summed E-state index contributed by atoms with van der Waals surface area (Å²) in [7, 11) is -1.58. The first-order valence-electron chi connectivity index (χ1n) is 3.93. The van der Waals surface area contributed by atoms with Crippen LogP contribution in [0.5, 0.6) is 0 Å². The monoisotopic (exact) mass is 200 g/mol. The fraction of sp³-hybridized carbons (Fsp3) is 0.333. The average Bonchev–Trinajstić information content (AvgIpc) is 2.05. The largest absolute Gasteiger partial charge is 0.399 e. The molecule has 1 aromatic rings. The zero-order chi connectivity index (χ0) is 9.19. The Kier molecular flexibility index (Phi) is 2.93. The second kappa shape index (κ2) is 3.60. The fourth-order valence-corrected chi connectivity index (χ4v) is 2.37. The summed E-state index contributed by atoms with van der Waals surface area (Å²) in [6.07, 6.45) is 0.286. The van der Waals surface area contributed by atoms with E-state index in [1.165, 1.54) is 5.19 Å². The van der Waals surface area contributed by atoms with Crippen molar-refractivity contribution < 1.29 is 5.11 Å². The molecule has 0 unspecified atom stereocenters. The van der Waals surface area contributed by atoms with E-state index in [1.807, 2.05) is 24.3 Å². The maximum Gasteiger partial charge on any atom is 0.109 e. The van der Waals surface area contributed by atoms with Crippen LogP contribution in [0.15, 0.2) is 24.3 Å². The Hall–Kier alpha value is -0.313. The summed E-state index contributed by atoms with van der Waals surface area (Å²) < 4.78 is 0. The zero-order valence-electron chi connectivity index (χ0n) is 7.34. The van der Waals surface area contributed by atoms with Gasteiger partial charge in [-0.05, 0) is 12.1 Å². The van der Waals surface area contributed by atoms with Crippen LogP contribution >= 0.6 is 11.6 Å². The molecule has 0 aliphatic carbocycles. The highest BCUT2D eigenvalue weighted by Gasteiger charge is 2.21. The van der Waals surface area contributed by atoms with Crippen LogP contribution in [0.25, 0.3) is 0 Å². The van der Waals surface area contributed by atoms with Crippen LogP contribution in [-0.2, 0) is 0 Å². The predicted molar refractivity (Wildman–Crippen MR) is 55.7 cm³/mol. The van der Waals surface area contributed by atoms with Crippen LogP contribution in [0.1, 0.15) is 0 Å². The third-order valence-corrected chi connectivity index (χ3v) is 4.96. The van der Waals surface area contributed by atoms with E-state index in [0.29, 0.717) is 0 Å². The number of hydrogen-bond donors (Lipinski definition) is 1. The minimum atomic E-state index is -1.58. The summed E-state index contributed by atoms with van der Waals surface area (Å²) >= 11 is 5.76. The number of halogens is 1. The smallest absolute Gasteiger partial charge is 0.109 e. The topological polar surface area (TPSA) is 20.2 Å². The second-order valence-electron chi connectivity index (χ2n) is 3.55. The number of aliphatic hydroxyl groups excluding tert-OH is 1. The zero-order valence-corrected chi connectivity index (χ0v) is 9.10. The molecule has 1 N–H and O–H groups in total. The molecule has 0 radical (unpaired) electrons. The minimum Gasteiger partial charge on any atom is -0.399 e. The van der Waals surface area contributed by atoms with E-state index in [1.54, 1.807) is 0 Å². The van der Waals surface area contributed by atoms with Crippen molar-refractivity contribution in [2.75, 3.05) is 6.23 Å². The lowest BCUT2D eigenvalue weighted by Gasteiger charge is -2.19. The molecular weight excluding hydrogens is 188 g/mol. The van der Waals surface area contributed by atoms with Crippen molar-refractivity contribution in [2.24, 2.45) is 0 Å². The number of rotatable bonds is 2. The average molecular weight is 201 g/mol. The summed E-state index contributed by atoms with van der Waals surface area (Å²) in [5.74, 6) is 0. The molecule has 0 atom stereocenters. The molecule has 0 bridgehead atoms. The van der Waals surface area contributed by atoms with Crippen molar-refractivity contribution in [3.8, 4) is 0 Å². The lowest BCUT2D eigenvalue weighted by molar-refractivity contribution is 0.360. The Morgan fingerprint density at radius 1 is 1.25 bits per heavy atom. The summed E-state index contributed by atoms with van der Waals surface area (Å²) in [6.45, 7) is 4.27. The van der Waals surface area contributed by atoms with Gasteiger partial charge in [0.25, 0.3) is 0 Å². The molecule has 0 fully saturated rings. The first kappa shape index (κ1) is 9.77. The lowest BCUT2D eigenvalue weighted by Crippen LogP contribution is -2.45. The number of aliphatic hydroxyl groups is 1. The number of hydrogen-bond acceptors (Lipinski definition) is 1. The van der Waals surface area contributed by atoms with Gasteiger partial charge in [0.1, 0.15) is 8.07 Å². The molecule has 1 nitrogen and oxygen atoms in total. The van der Waals surface area contributed by atoms with Gasteiger partial charge in [-0.2, -0.15) is 0 Å². The maximum absolute atomic E-state index is 9.15. The molecule has 0 saturated heterocycles. The Labute approximate surface area is 79.0 Å². The van der Waals surface area contributed by atoms with Crippen molar-refractivity contribution in [1.29, 1.82) is 0 Å². The molecule has 0 aliphatic heterocycles. The maximum atomic E-state index is 9.15. The van der Waals surface area contributed by atoms with E-state index in [-0.39, 0.29) is 6.23 Å². The van der Waals surface area contributed by atoms with E-state index in [9.17, 15) is 0 Å². The molecule has 3 heteroatoms. The molecule has 1 rings (SSSR count). The van der Waals surface area contributed by atoms with E-state index < -0.39 is 8.07 Å². The Bertz CT molecular complexity index is 256. The fourth-order valence-electron chi connectivity index (χ4n) is 0.992. The molecular formula is C9H13ClOSi. The Balaban J connectivity index is 2.96. The van der Waals surface area contributed by atoms with E-state index in [2.05, 4.69) is 13.1 Å². The van der Waals surface area contributed by atoms with Crippen molar-refractivity contribution in [2.45, 2.75) is 13.1 Å². The van der Waals surface area contributed by atoms with Crippen LogP contribution in [0.3, 0.4) is 0 Å². The van der Waals surface area contributed by atoms with Crippen molar-refractivity contribution in [3.63, 3.8) is 0 Å². The molecule has 0 heterocycles. The normalized spacial score (nSPS) is 11.7. The van der Waals surface area contributed by atoms with Gasteiger partial charge in [0.2, 0.25) is 0 Å². The van der Waals surface area contributed by atoms with Gasteiger partial charge in [-0.1, -0.05) is 42.0 Å². The highest BCUT2D eigenvalue weighted by atomic mass is 35.5. The van der Waals surface area contributed by atoms with Crippen molar-refractivity contribution in [3.05, 3.63) is 29.3 Å². The molecule has 1 aromatic carbocycles. The molecule has 0 amide bonds. The molecule has 0 spiro atoms. The highest BCUT2D eigenvalue weighted by Crippen LogP contribution is 2.08. The quantitative estimate of drug-likeness (QED) is 0.722. The van der Waals surface area contributed by atoms with E-state index in [4.69, 9.17) is 16.7 Å². The second-order valence-corrected chi connectivity index (χ2v) is 8.65. The van der Waals surface area contributed by atoms with Crippen LogP contribution in [0.2, 0.25) is 18.1 Å². The van der Waals surface area contributed by atoms with Gasteiger partial charge >= 0.3 is 0 Å². The van der Waals surface area contributed by atoms with Crippen LogP contribution in [0.4, 0.5) is 0 Å². The van der Waals surface area contributed by atoms with Crippen LogP contribution in [0, 0.1) is 0 Å². The van der Waals surface area contributed by atoms with Gasteiger partial charge in [-0.3, -0.25) is 0 Å². The van der Waals surface area contributed by atoms with Gasteiger partial charge in [0, 0.05) is 11.3 Å². The first-order valence-corrected chi connectivity index (χ1v) is 7.52. The van der Waals surface area contributed by atoms with Gasteiger partial charge < -0.3 is 5.11 Å². The van der Waals surface area contributed by atoms with Crippen LogP contribution in [-0.4, -0.2) is 19.4 Å². The lowest BCUT2D eigenvalue weighted by atomic mass is 10.4. The van der Waals surface area contributed by atoms with Gasteiger partial charge in [-0.15, -0.1) is 0 Å². The molecule has 12 heavy (non-hydrogen) atoms. The summed E-state index contributed by atoms with van der Waals surface area (Å²) in [6, 6.07) is 7.76. The molecule has 0 aliphatic rings. The van der Waals surface area contributed by atoms with E-state index in [0.717, 1.165) is 5.02 Å². The SMILES string of the molecule is C[Si](C)(CO)c1ccc(Cl)cc1. The summed E-state index contributed by atoms with van der Waals surface area (Å²) in [4.78, 5) is 0. The minimum absolute atomic E-state index is 0.286. The molecule has 66 valence electrons. The molecule has 0 saturated carbocycles. The highest BCUT2D eigenvalue weighted by molar-refractivity contribution is 6.89. The third kappa shape index (κ3) is 2.09. The third-order valence-electron chi connectivity index (χ3n) is 2.02. The molecule has 0 aromatic heterocycles. The number of benzene rings is 1. The Morgan fingerprint density at radius 2 is 1.75 bits per heavy atom.